The van der Waals surface area contributed by atoms with Crippen molar-refractivity contribution < 1.29 is 4.39 Å². The Morgan fingerprint density at radius 3 is 2.62 bits per heavy atom. The number of benzene rings is 2. The smallest absolute Gasteiger partial charge is 0.232 e. The van der Waals surface area contributed by atoms with Crippen LogP contribution in [-0.4, -0.2) is 21.3 Å². The third-order valence-electron chi connectivity index (χ3n) is 3.94. The zero-order chi connectivity index (χ0) is 16.5. The number of aromatic nitrogens is 3. The van der Waals surface area contributed by atoms with Gasteiger partial charge in [-0.2, -0.15) is 0 Å². The molecule has 0 atom stereocenters. The molecule has 0 N–H and O–H groups in total. The van der Waals surface area contributed by atoms with Gasteiger partial charge in [-0.05, 0) is 35.9 Å². The molecular weight excluding hydrogens is 347 g/mol. The van der Waals surface area contributed by atoms with E-state index in [1.807, 2.05) is 29.2 Å². The summed E-state index contributed by atoms with van der Waals surface area (Å²) in [5.41, 5.74) is 2.00. The number of nitrogens with zero attached hydrogens (tertiary/aromatic N) is 4. The molecule has 4 rings (SSSR count). The number of thioether (sulfide) groups is 1. The number of halogens is 2. The van der Waals surface area contributed by atoms with Crippen molar-refractivity contribution in [2.45, 2.75) is 17.5 Å². The molecule has 1 aliphatic heterocycles. The van der Waals surface area contributed by atoms with E-state index in [0.717, 1.165) is 46.2 Å². The van der Waals surface area contributed by atoms with E-state index in [1.165, 1.54) is 12.1 Å². The fourth-order valence-corrected chi connectivity index (χ4v) is 3.95. The highest BCUT2D eigenvalue weighted by molar-refractivity contribution is 7.98. The lowest BCUT2D eigenvalue weighted by Crippen LogP contribution is -2.14. The van der Waals surface area contributed by atoms with Gasteiger partial charge >= 0.3 is 0 Å². The Morgan fingerprint density at radius 1 is 1.04 bits per heavy atom. The number of hydrogen-bond donors (Lipinski definition) is 0. The summed E-state index contributed by atoms with van der Waals surface area (Å²) in [6.07, 6.45) is 0. The molecule has 0 spiro atoms. The van der Waals surface area contributed by atoms with Crippen molar-refractivity contribution in [1.82, 2.24) is 14.8 Å². The third-order valence-corrected chi connectivity index (χ3v) is 5.32. The van der Waals surface area contributed by atoms with E-state index in [9.17, 15) is 4.39 Å². The van der Waals surface area contributed by atoms with Crippen LogP contribution in [0.15, 0.2) is 53.7 Å². The van der Waals surface area contributed by atoms with Crippen LogP contribution in [0.25, 0.3) is 0 Å². The zero-order valence-corrected chi connectivity index (χ0v) is 14.3. The molecule has 1 aromatic heterocycles. The molecule has 1 aliphatic rings. The molecule has 0 saturated heterocycles. The lowest BCUT2D eigenvalue weighted by atomic mass is 10.2. The fraction of sp³-hybridized carbons (Fsp3) is 0.176. The summed E-state index contributed by atoms with van der Waals surface area (Å²) in [6.45, 7) is 1.61. The molecule has 0 saturated carbocycles. The van der Waals surface area contributed by atoms with Crippen LogP contribution >= 0.6 is 23.4 Å². The highest BCUT2D eigenvalue weighted by atomic mass is 35.5. The van der Waals surface area contributed by atoms with Crippen LogP contribution in [0.1, 0.15) is 5.56 Å². The highest BCUT2D eigenvalue weighted by Gasteiger charge is 2.26. The highest BCUT2D eigenvalue weighted by Crippen LogP contribution is 2.33. The Hall–Kier alpha value is -2.05. The van der Waals surface area contributed by atoms with Crippen LogP contribution in [-0.2, 0) is 12.3 Å². The van der Waals surface area contributed by atoms with Crippen molar-refractivity contribution in [3.63, 3.8) is 0 Å². The van der Waals surface area contributed by atoms with Crippen LogP contribution in [0.5, 0.6) is 0 Å². The van der Waals surface area contributed by atoms with Crippen molar-refractivity contribution in [3.05, 3.63) is 64.9 Å². The first-order valence-corrected chi connectivity index (χ1v) is 8.91. The standard InChI is InChI=1S/C17H14ClFN4S/c18-15-4-2-1-3-12(15)11-24-17-21-20-16-22(9-10-23(16)17)14-7-5-13(19)6-8-14/h1-8H,9-11H2. The van der Waals surface area contributed by atoms with Gasteiger partial charge in [-0.25, -0.2) is 4.39 Å². The first kappa shape index (κ1) is 15.5. The predicted molar refractivity (Wildman–Crippen MR) is 94.4 cm³/mol. The minimum absolute atomic E-state index is 0.240. The number of rotatable bonds is 4. The van der Waals surface area contributed by atoms with Crippen LogP contribution in [0.2, 0.25) is 5.02 Å². The lowest BCUT2D eigenvalue weighted by molar-refractivity contribution is 0.627. The topological polar surface area (TPSA) is 34.0 Å². The number of anilines is 2. The average molecular weight is 361 g/mol. The molecule has 0 aliphatic carbocycles. The maximum atomic E-state index is 13.1. The molecule has 7 heteroatoms. The van der Waals surface area contributed by atoms with E-state index in [1.54, 1.807) is 23.9 Å². The Kier molecular flexibility index (Phi) is 4.16. The fourth-order valence-electron chi connectivity index (χ4n) is 2.71. The van der Waals surface area contributed by atoms with Crippen LogP contribution in [0, 0.1) is 5.82 Å². The molecule has 0 fully saturated rings. The van der Waals surface area contributed by atoms with Gasteiger partial charge < -0.3 is 4.90 Å². The maximum absolute atomic E-state index is 13.1. The number of hydrogen-bond acceptors (Lipinski definition) is 4. The molecule has 3 aromatic rings. The van der Waals surface area contributed by atoms with Crippen molar-refractivity contribution in [1.29, 1.82) is 0 Å². The second kappa shape index (κ2) is 6.45. The molecule has 0 radical (unpaired) electrons. The summed E-state index contributed by atoms with van der Waals surface area (Å²) in [5, 5.41) is 10.2. The normalized spacial score (nSPS) is 13.3. The van der Waals surface area contributed by atoms with Crippen LogP contribution < -0.4 is 4.90 Å². The summed E-state index contributed by atoms with van der Waals surface area (Å²) in [6, 6.07) is 14.2. The molecule has 2 aromatic carbocycles. The Morgan fingerprint density at radius 2 is 1.83 bits per heavy atom. The zero-order valence-electron chi connectivity index (χ0n) is 12.7. The minimum Gasteiger partial charge on any atom is -0.309 e. The van der Waals surface area contributed by atoms with Gasteiger partial charge in [0, 0.05) is 29.6 Å². The van der Waals surface area contributed by atoms with Crippen molar-refractivity contribution in [2.75, 3.05) is 11.4 Å². The monoisotopic (exact) mass is 360 g/mol. The molecule has 24 heavy (non-hydrogen) atoms. The SMILES string of the molecule is Fc1ccc(N2CCn3c(SCc4ccccc4Cl)nnc32)cc1. The minimum atomic E-state index is -0.240. The quantitative estimate of drug-likeness (QED) is 0.641. The molecule has 4 nitrogen and oxygen atoms in total. The van der Waals surface area contributed by atoms with Gasteiger partial charge in [0.15, 0.2) is 5.16 Å². The summed E-state index contributed by atoms with van der Waals surface area (Å²) in [4.78, 5) is 2.05. The van der Waals surface area contributed by atoms with Gasteiger partial charge in [-0.1, -0.05) is 41.6 Å². The van der Waals surface area contributed by atoms with Gasteiger partial charge in [-0.15, -0.1) is 10.2 Å². The molecule has 2 heterocycles. The second-order valence-electron chi connectivity index (χ2n) is 5.44. The van der Waals surface area contributed by atoms with E-state index >= 15 is 0 Å². The van der Waals surface area contributed by atoms with E-state index in [0.29, 0.717) is 0 Å². The van der Waals surface area contributed by atoms with E-state index in [-0.39, 0.29) is 5.82 Å². The summed E-state index contributed by atoms with van der Waals surface area (Å²) < 4.78 is 15.2. The molecule has 0 amide bonds. The summed E-state index contributed by atoms with van der Waals surface area (Å²) in [5.74, 6) is 1.30. The average Bonchev–Trinajstić information content (AvgIpc) is 3.17. The third kappa shape index (κ3) is 2.87. The van der Waals surface area contributed by atoms with Crippen LogP contribution in [0.4, 0.5) is 16.0 Å². The maximum Gasteiger partial charge on any atom is 0.232 e. The molecule has 0 bridgehead atoms. The summed E-state index contributed by atoms with van der Waals surface area (Å²) >= 11 is 7.82. The van der Waals surface area contributed by atoms with Gasteiger partial charge in [0.1, 0.15) is 5.82 Å². The van der Waals surface area contributed by atoms with E-state index < -0.39 is 0 Å². The van der Waals surface area contributed by atoms with Crippen LogP contribution in [0.3, 0.4) is 0 Å². The van der Waals surface area contributed by atoms with E-state index in [2.05, 4.69) is 14.8 Å². The largest absolute Gasteiger partial charge is 0.309 e. The first-order chi connectivity index (χ1) is 11.7. The van der Waals surface area contributed by atoms with Gasteiger partial charge in [0.25, 0.3) is 0 Å². The van der Waals surface area contributed by atoms with Crippen molar-refractivity contribution >= 4 is 35.0 Å². The van der Waals surface area contributed by atoms with Gasteiger partial charge in [0.05, 0.1) is 0 Å². The Balaban J connectivity index is 1.53. The Bertz CT molecular complexity index is 865. The first-order valence-electron chi connectivity index (χ1n) is 7.55. The van der Waals surface area contributed by atoms with Crippen molar-refractivity contribution in [3.8, 4) is 0 Å². The molecule has 122 valence electrons. The Labute approximate surface area is 148 Å². The second-order valence-corrected chi connectivity index (χ2v) is 6.79. The summed E-state index contributed by atoms with van der Waals surface area (Å²) in [7, 11) is 0. The predicted octanol–water partition coefficient (Wildman–Crippen LogP) is 4.51. The van der Waals surface area contributed by atoms with Crippen molar-refractivity contribution in [2.24, 2.45) is 0 Å². The van der Waals surface area contributed by atoms with Gasteiger partial charge in [0.2, 0.25) is 5.95 Å². The van der Waals surface area contributed by atoms with E-state index in [4.69, 9.17) is 11.6 Å². The molecular formula is C17H14ClFN4S. The lowest BCUT2D eigenvalue weighted by Gasteiger charge is -2.14. The number of fused-ring (bicyclic) bond motifs is 1. The molecule has 0 unspecified atom stereocenters. The van der Waals surface area contributed by atoms with Gasteiger partial charge in [-0.3, -0.25) is 4.57 Å².